The van der Waals surface area contributed by atoms with Gasteiger partial charge in [-0.3, -0.25) is 4.99 Å². The molecule has 1 unspecified atom stereocenters. The molecule has 3 heterocycles. The van der Waals surface area contributed by atoms with E-state index >= 15 is 0 Å². The van der Waals surface area contributed by atoms with Crippen LogP contribution in [0.5, 0.6) is 0 Å². The maximum Gasteiger partial charge on any atom is 0.191 e. The zero-order valence-electron chi connectivity index (χ0n) is 15.1. The fourth-order valence-electron chi connectivity index (χ4n) is 2.84. The van der Waals surface area contributed by atoms with Crippen LogP contribution in [-0.2, 0) is 13.6 Å². The second-order valence-corrected chi connectivity index (χ2v) is 6.03. The summed E-state index contributed by atoms with van der Waals surface area (Å²) in [6.07, 6.45) is 2.50. The van der Waals surface area contributed by atoms with Crippen molar-refractivity contribution in [3.8, 4) is 0 Å². The SMILES string of the molecule is CN=C(NCc1nnc(C)n1C)NC1CCN(c2ncccc2F)C1.I. The van der Waals surface area contributed by atoms with Crippen molar-refractivity contribution in [2.45, 2.75) is 25.9 Å². The molecule has 1 saturated heterocycles. The largest absolute Gasteiger partial charge is 0.352 e. The predicted molar refractivity (Wildman–Crippen MR) is 109 cm³/mol. The number of anilines is 1. The van der Waals surface area contributed by atoms with Crippen LogP contribution in [-0.4, -0.2) is 51.9 Å². The second-order valence-electron chi connectivity index (χ2n) is 6.03. The molecule has 10 heteroatoms. The molecule has 142 valence electrons. The van der Waals surface area contributed by atoms with Gasteiger partial charge in [-0.1, -0.05) is 0 Å². The number of nitrogens with zero attached hydrogens (tertiary/aromatic N) is 6. The molecule has 0 aliphatic carbocycles. The minimum absolute atomic E-state index is 0. The summed E-state index contributed by atoms with van der Waals surface area (Å²) in [6.45, 7) is 3.87. The maximum absolute atomic E-state index is 13.9. The Bertz CT molecular complexity index is 762. The lowest BCUT2D eigenvalue weighted by atomic mass is 10.3. The molecule has 1 aliphatic rings. The number of aliphatic imine (C=N–C) groups is 1. The van der Waals surface area contributed by atoms with Crippen molar-refractivity contribution in [2.75, 3.05) is 25.0 Å². The van der Waals surface area contributed by atoms with Crippen molar-refractivity contribution in [2.24, 2.45) is 12.0 Å². The Morgan fingerprint density at radius 1 is 1.42 bits per heavy atom. The highest BCUT2D eigenvalue weighted by Gasteiger charge is 2.26. The van der Waals surface area contributed by atoms with E-state index in [2.05, 4.69) is 30.8 Å². The van der Waals surface area contributed by atoms with Crippen LogP contribution in [0.25, 0.3) is 0 Å². The summed E-state index contributed by atoms with van der Waals surface area (Å²) < 4.78 is 15.8. The van der Waals surface area contributed by atoms with Gasteiger partial charge in [-0.25, -0.2) is 9.37 Å². The third-order valence-electron chi connectivity index (χ3n) is 4.39. The third kappa shape index (κ3) is 4.59. The number of pyridine rings is 1. The van der Waals surface area contributed by atoms with E-state index in [1.165, 1.54) is 6.07 Å². The molecule has 0 spiro atoms. The van der Waals surface area contributed by atoms with Crippen LogP contribution in [0.4, 0.5) is 10.2 Å². The van der Waals surface area contributed by atoms with Gasteiger partial charge in [-0.15, -0.1) is 34.2 Å². The number of nitrogens with one attached hydrogen (secondary N) is 2. The molecule has 1 atom stereocenters. The molecule has 2 N–H and O–H groups in total. The molecule has 2 aromatic heterocycles. The van der Waals surface area contributed by atoms with Gasteiger partial charge in [-0.2, -0.15) is 0 Å². The van der Waals surface area contributed by atoms with Crippen molar-refractivity contribution < 1.29 is 4.39 Å². The molecule has 0 bridgehead atoms. The lowest BCUT2D eigenvalue weighted by Crippen LogP contribution is -2.44. The van der Waals surface area contributed by atoms with Crippen molar-refractivity contribution in [1.82, 2.24) is 30.4 Å². The van der Waals surface area contributed by atoms with E-state index in [9.17, 15) is 4.39 Å². The summed E-state index contributed by atoms with van der Waals surface area (Å²) in [5, 5.41) is 14.8. The van der Waals surface area contributed by atoms with Crippen LogP contribution in [0.2, 0.25) is 0 Å². The van der Waals surface area contributed by atoms with Crippen LogP contribution in [0.3, 0.4) is 0 Å². The first-order valence-corrected chi connectivity index (χ1v) is 8.26. The number of rotatable bonds is 4. The van der Waals surface area contributed by atoms with Crippen LogP contribution in [0.1, 0.15) is 18.1 Å². The lowest BCUT2D eigenvalue weighted by molar-refractivity contribution is 0.611. The van der Waals surface area contributed by atoms with E-state index < -0.39 is 0 Å². The van der Waals surface area contributed by atoms with Gasteiger partial charge in [0.2, 0.25) is 0 Å². The average Bonchev–Trinajstić information content (AvgIpc) is 3.20. The van der Waals surface area contributed by atoms with Gasteiger partial charge in [0.1, 0.15) is 5.82 Å². The van der Waals surface area contributed by atoms with Crippen LogP contribution in [0, 0.1) is 12.7 Å². The summed E-state index contributed by atoms with van der Waals surface area (Å²) in [4.78, 5) is 10.3. The van der Waals surface area contributed by atoms with Gasteiger partial charge < -0.3 is 20.1 Å². The Balaban J connectivity index is 0.00000243. The first kappa shape index (κ1) is 20.3. The monoisotopic (exact) mass is 474 g/mol. The zero-order valence-corrected chi connectivity index (χ0v) is 17.4. The van der Waals surface area contributed by atoms with Crippen molar-refractivity contribution in [1.29, 1.82) is 0 Å². The smallest absolute Gasteiger partial charge is 0.191 e. The molecular formula is C16H24FIN8. The molecule has 0 aromatic carbocycles. The minimum Gasteiger partial charge on any atom is -0.352 e. The molecule has 0 radical (unpaired) electrons. The Morgan fingerprint density at radius 3 is 2.88 bits per heavy atom. The van der Waals surface area contributed by atoms with Gasteiger partial charge >= 0.3 is 0 Å². The highest BCUT2D eigenvalue weighted by molar-refractivity contribution is 14.0. The molecule has 2 aromatic rings. The first-order valence-electron chi connectivity index (χ1n) is 8.26. The van der Waals surface area contributed by atoms with Gasteiger partial charge in [0, 0.05) is 39.4 Å². The molecule has 26 heavy (non-hydrogen) atoms. The number of hydrogen-bond donors (Lipinski definition) is 2. The van der Waals surface area contributed by atoms with Gasteiger partial charge in [0.05, 0.1) is 6.54 Å². The van der Waals surface area contributed by atoms with Crippen LogP contribution >= 0.6 is 24.0 Å². The molecule has 0 amide bonds. The number of aromatic nitrogens is 4. The third-order valence-corrected chi connectivity index (χ3v) is 4.39. The molecule has 0 saturated carbocycles. The molecule has 1 fully saturated rings. The highest BCUT2D eigenvalue weighted by atomic mass is 127. The summed E-state index contributed by atoms with van der Waals surface area (Å²) in [5.74, 6) is 2.51. The van der Waals surface area contributed by atoms with Crippen LogP contribution in [0.15, 0.2) is 23.3 Å². The van der Waals surface area contributed by atoms with E-state index in [1.54, 1.807) is 19.3 Å². The normalized spacial score (nSPS) is 17.2. The average molecular weight is 474 g/mol. The topological polar surface area (TPSA) is 83.3 Å². The Kier molecular flexibility index (Phi) is 7.12. The number of halogens is 2. The molecule has 3 rings (SSSR count). The van der Waals surface area contributed by atoms with Crippen molar-refractivity contribution in [3.63, 3.8) is 0 Å². The summed E-state index contributed by atoms with van der Waals surface area (Å²) in [5.41, 5.74) is 0. The number of aryl methyl sites for hydroxylation is 1. The standard InChI is InChI=1S/C16H23FN8.HI/c1-11-22-23-14(24(11)3)9-20-16(18-2)21-12-6-8-25(10-12)15-13(17)5-4-7-19-15;/h4-5,7,12H,6,8-10H2,1-3H3,(H2,18,20,21);1H. The number of hydrogen-bond acceptors (Lipinski definition) is 5. The number of guanidine groups is 1. The molecule has 8 nitrogen and oxygen atoms in total. The molecule has 1 aliphatic heterocycles. The maximum atomic E-state index is 13.9. The minimum atomic E-state index is -0.289. The van der Waals surface area contributed by atoms with Gasteiger partial charge in [-0.05, 0) is 25.5 Å². The van der Waals surface area contributed by atoms with E-state index in [0.29, 0.717) is 24.9 Å². The predicted octanol–water partition coefficient (Wildman–Crippen LogP) is 1.22. The lowest BCUT2D eigenvalue weighted by Gasteiger charge is -2.19. The zero-order chi connectivity index (χ0) is 17.8. The fraction of sp³-hybridized carbons (Fsp3) is 0.500. The molecular weight excluding hydrogens is 450 g/mol. The highest BCUT2D eigenvalue weighted by Crippen LogP contribution is 2.20. The Hall–Kier alpha value is -1.98. The van der Waals surface area contributed by atoms with Crippen LogP contribution < -0.4 is 15.5 Å². The van der Waals surface area contributed by atoms with Crippen molar-refractivity contribution in [3.05, 3.63) is 35.8 Å². The second kappa shape index (κ2) is 9.10. The van der Waals surface area contributed by atoms with Crippen molar-refractivity contribution >= 4 is 35.8 Å². The summed E-state index contributed by atoms with van der Waals surface area (Å²) in [6, 6.07) is 3.21. The Morgan fingerprint density at radius 2 is 2.23 bits per heavy atom. The summed E-state index contributed by atoms with van der Waals surface area (Å²) in [7, 11) is 3.65. The quantitative estimate of drug-likeness (QED) is 0.394. The first-order chi connectivity index (χ1) is 12.1. The van der Waals surface area contributed by atoms with E-state index in [0.717, 1.165) is 24.6 Å². The van der Waals surface area contributed by atoms with E-state index in [4.69, 9.17) is 0 Å². The summed E-state index contributed by atoms with van der Waals surface area (Å²) >= 11 is 0. The van der Waals surface area contributed by atoms with Gasteiger partial charge in [0.25, 0.3) is 0 Å². The Labute approximate surface area is 169 Å². The van der Waals surface area contributed by atoms with Gasteiger partial charge in [0.15, 0.2) is 23.4 Å². The fourth-order valence-corrected chi connectivity index (χ4v) is 2.84. The van der Waals surface area contributed by atoms with E-state index in [1.807, 2.05) is 23.4 Å². The van der Waals surface area contributed by atoms with E-state index in [-0.39, 0.29) is 35.8 Å².